The van der Waals surface area contributed by atoms with Crippen molar-refractivity contribution in [3.63, 3.8) is 0 Å². The number of nitrogens with one attached hydrogen (secondary N) is 1. The van der Waals surface area contributed by atoms with E-state index in [-0.39, 0.29) is 0 Å². The predicted octanol–water partition coefficient (Wildman–Crippen LogP) is 0.613. The Hall–Kier alpha value is -1.01. The van der Waals surface area contributed by atoms with Gasteiger partial charge in [-0.3, -0.25) is 4.79 Å². The number of carbonyl (C=O) groups excluding carboxylic acids is 1. The zero-order chi connectivity index (χ0) is 9.07. The maximum atomic E-state index is 10.8. The minimum atomic E-state index is -0.896. The third-order valence-corrected chi connectivity index (χ3v) is 1.06. The molecular formula is C8H12NO2. The predicted molar refractivity (Wildman–Crippen MR) is 41.6 cm³/mol. The summed E-state index contributed by atoms with van der Waals surface area (Å²) in [5.74, 6) is 1.71. The van der Waals surface area contributed by atoms with Crippen molar-refractivity contribution < 1.29 is 9.53 Å². The Morgan fingerprint density at radius 3 is 2.45 bits per heavy atom. The van der Waals surface area contributed by atoms with E-state index in [9.17, 15) is 4.79 Å². The van der Waals surface area contributed by atoms with Gasteiger partial charge in [-0.05, 0) is 20.8 Å². The second-order valence-electron chi connectivity index (χ2n) is 2.80. The molecule has 61 valence electrons. The lowest BCUT2D eigenvalue weighted by atomic mass is 10.1. The molecule has 0 aromatic heterocycles. The molecule has 0 saturated heterocycles. The van der Waals surface area contributed by atoms with Crippen molar-refractivity contribution in [2.45, 2.75) is 32.4 Å². The number of hydrogen-bond acceptors (Lipinski definition) is 2. The summed E-state index contributed by atoms with van der Waals surface area (Å²) in [6, 6.07) is -0.873. The van der Waals surface area contributed by atoms with Crippen molar-refractivity contribution in [2.24, 2.45) is 0 Å². The highest BCUT2D eigenvalue weighted by molar-refractivity contribution is 5.75. The average Bonchev–Trinajstić information content (AvgIpc) is 1.87. The largest absolute Gasteiger partial charge is 0.445 e. The second-order valence-corrected chi connectivity index (χ2v) is 2.80. The van der Waals surface area contributed by atoms with E-state index < -0.39 is 17.6 Å². The number of ether oxygens (including phenoxy) is 1. The van der Waals surface area contributed by atoms with Gasteiger partial charge in [0.15, 0.2) is 5.60 Å². The molecule has 0 saturated carbocycles. The Morgan fingerprint density at radius 2 is 2.18 bits per heavy atom. The standard InChI is InChI=1S/C8H12NO2/c1-5-8(3,4)11-7(10)6(2)9/h1,6,9H,2-4H3. The monoisotopic (exact) mass is 154 g/mol. The van der Waals surface area contributed by atoms with Crippen molar-refractivity contribution >= 4 is 5.97 Å². The maximum Gasteiger partial charge on any atom is 0.325 e. The van der Waals surface area contributed by atoms with E-state index in [1.165, 1.54) is 6.92 Å². The van der Waals surface area contributed by atoms with Gasteiger partial charge in [0.1, 0.15) is 6.04 Å². The van der Waals surface area contributed by atoms with E-state index in [0.29, 0.717) is 0 Å². The van der Waals surface area contributed by atoms with Crippen LogP contribution in [0.5, 0.6) is 0 Å². The number of esters is 1. The van der Waals surface area contributed by atoms with Crippen LogP contribution in [0.4, 0.5) is 0 Å². The molecule has 0 aromatic carbocycles. The third kappa shape index (κ3) is 3.64. The number of rotatable bonds is 2. The van der Waals surface area contributed by atoms with Gasteiger partial charge in [0.25, 0.3) is 0 Å². The SMILES string of the molecule is C#CC(C)(C)OC(=O)C(C)[NH]. The Bertz CT molecular complexity index is 189. The molecule has 3 nitrogen and oxygen atoms in total. The van der Waals surface area contributed by atoms with Gasteiger partial charge in [-0.25, -0.2) is 5.73 Å². The van der Waals surface area contributed by atoms with Crippen LogP contribution < -0.4 is 5.73 Å². The smallest absolute Gasteiger partial charge is 0.325 e. The minimum absolute atomic E-state index is 0.590. The molecule has 0 fully saturated rings. The molecule has 0 aliphatic carbocycles. The first kappa shape index (κ1) is 9.99. The lowest BCUT2D eigenvalue weighted by Gasteiger charge is -2.19. The molecule has 0 bridgehead atoms. The quantitative estimate of drug-likeness (QED) is 0.432. The molecule has 0 aliphatic heterocycles. The second kappa shape index (κ2) is 3.40. The molecule has 3 heteroatoms. The zero-order valence-corrected chi connectivity index (χ0v) is 6.97. The van der Waals surface area contributed by atoms with E-state index in [4.69, 9.17) is 16.9 Å². The van der Waals surface area contributed by atoms with Crippen LogP contribution in [-0.2, 0) is 9.53 Å². The number of terminal acetylenes is 1. The summed E-state index contributed by atoms with van der Waals surface area (Å²) in [5, 5.41) is 0. The number of carbonyl (C=O) groups is 1. The lowest BCUT2D eigenvalue weighted by molar-refractivity contribution is -0.153. The summed E-state index contributed by atoms with van der Waals surface area (Å²) in [6.07, 6.45) is 5.07. The van der Waals surface area contributed by atoms with E-state index in [1.54, 1.807) is 13.8 Å². The van der Waals surface area contributed by atoms with Crippen LogP contribution >= 0.6 is 0 Å². The zero-order valence-electron chi connectivity index (χ0n) is 6.97. The maximum absolute atomic E-state index is 10.8. The lowest BCUT2D eigenvalue weighted by Crippen LogP contribution is -2.32. The summed E-state index contributed by atoms with van der Waals surface area (Å²) >= 11 is 0. The van der Waals surface area contributed by atoms with Crippen molar-refractivity contribution in [3.8, 4) is 12.3 Å². The molecular weight excluding hydrogens is 142 g/mol. The van der Waals surface area contributed by atoms with Crippen LogP contribution in [-0.4, -0.2) is 17.6 Å². The van der Waals surface area contributed by atoms with Crippen LogP contribution in [0.25, 0.3) is 0 Å². The molecule has 0 aliphatic rings. The molecule has 1 atom stereocenters. The Balaban J connectivity index is 4.08. The molecule has 1 N–H and O–H groups in total. The fourth-order valence-electron chi connectivity index (χ4n) is 0.369. The van der Waals surface area contributed by atoms with Crippen LogP contribution in [0.2, 0.25) is 0 Å². The molecule has 0 aromatic rings. The molecule has 1 radical (unpaired) electrons. The van der Waals surface area contributed by atoms with Crippen LogP contribution in [0.1, 0.15) is 20.8 Å². The van der Waals surface area contributed by atoms with Crippen molar-refractivity contribution in [1.82, 2.24) is 5.73 Å². The fourth-order valence-corrected chi connectivity index (χ4v) is 0.369. The van der Waals surface area contributed by atoms with Gasteiger partial charge in [-0.2, -0.15) is 0 Å². The van der Waals surface area contributed by atoms with E-state index >= 15 is 0 Å². The average molecular weight is 154 g/mol. The van der Waals surface area contributed by atoms with Crippen LogP contribution in [0.15, 0.2) is 0 Å². The minimum Gasteiger partial charge on any atom is -0.445 e. The third-order valence-electron chi connectivity index (χ3n) is 1.06. The van der Waals surface area contributed by atoms with Gasteiger partial charge in [-0.15, -0.1) is 6.42 Å². The van der Waals surface area contributed by atoms with Crippen molar-refractivity contribution in [2.75, 3.05) is 0 Å². The van der Waals surface area contributed by atoms with Gasteiger partial charge < -0.3 is 4.74 Å². The molecule has 0 heterocycles. The molecule has 0 spiro atoms. The molecule has 11 heavy (non-hydrogen) atoms. The van der Waals surface area contributed by atoms with Crippen LogP contribution in [0.3, 0.4) is 0 Å². The van der Waals surface area contributed by atoms with Gasteiger partial charge >= 0.3 is 5.97 Å². The first-order valence-electron chi connectivity index (χ1n) is 3.31. The summed E-state index contributed by atoms with van der Waals surface area (Å²) in [5.41, 5.74) is 6.10. The topological polar surface area (TPSA) is 50.1 Å². The van der Waals surface area contributed by atoms with E-state index in [0.717, 1.165) is 0 Å². The van der Waals surface area contributed by atoms with Gasteiger partial charge in [0, 0.05) is 0 Å². The fraction of sp³-hybridized carbons (Fsp3) is 0.625. The highest BCUT2D eigenvalue weighted by atomic mass is 16.6. The Kier molecular flexibility index (Phi) is 3.09. The highest BCUT2D eigenvalue weighted by Gasteiger charge is 2.21. The Labute approximate surface area is 66.9 Å². The normalized spacial score (nSPS) is 13.4. The van der Waals surface area contributed by atoms with E-state index in [2.05, 4.69) is 5.92 Å². The summed E-state index contributed by atoms with van der Waals surface area (Å²) in [4.78, 5) is 10.8. The Morgan fingerprint density at radius 1 is 1.73 bits per heavy atom. The summed E-state index contributed by atoms with van der Waals surface area (Å²) < 4.78 is 4.79. The van der Waals surface area contributed by atoms with Crippen LogP contribution in [0, 0.1) is 12.3 Å². The van der Waals surface area contributed by atoms with Gasteiger partial charge in [0.05, 0.1) is 0 Å². The summed E-state index contributed by atoms with van der Waals surface area (Å²) in [6.45, 7) is 4.65. The van der Waals surface area contributed by atoms with Gasteiger partial charge in [0.2, 0.25) is 0 Å². The molecule has 0 amide bonds. The summed E-state index contributed by atoms with van der Waals surface area (Å²) in [7, 11) is 0. The molecule has 1 unspecified atom stereocenters. The molecule has 0 rings (SSSR count). The first-order valence-corrected chi connectivity index (χ1v) is 3.31. The number of hydrogen-bond donors (Lipinski definition) is 0. The first-order chi connectivity index (χ1) is 4.89. The van der Waals surface area contributed by atoms with E-state index in [1.807, 2.05) is 0 Å². The van der Waals surface area contributed by atoms with Crippen molar-refractivity contribution in [3.05, 3.63) is 0 Å². The van der Waals surface area contributed by atoms with Gasteiger partial charge in [-0.1, -0.05) is 5.92 Å². The van der Waals surface area contributed by atoms with Crippen molar-refractivity contribution in [1.29, 1.82) is 0 Å². The highest BCUT2D eigenvalue weighted by Crippen LogP contribution is 2.07.